The summed E-state index contributed by atoms with van der Waals surface area (Å²) in [6, 6.07) is 1.14. The van der Waals surface area contributed by atoms with Crippen LogP contribution in [-0.4, -0.2) is 56.7 Å². The summed E-state index contributed by atoms with van der Waals surface area (Å²) in [5.74, 6) is -1.27. The van der Waals surface area contributed by atoms with Crippen molar-refractivity contribution in [1.82, 2.24) is 20.0 Å². The Labute approximate surface area is 192 Å². The first kappa shape index (κ1) is 22.4. The van der Waals surface area contributed by atoms with E-state index in [0.717, 1.165) is 0 Å². The predicted molar refractivity (Wildman–Crippen MR) is 113 cm³/mol. The molecule has 0 saturated carbocycles. The Balaban J connectivity index is 1.44. The Morgan fingerprint density at radius 2 is 2.00 bits per heavy atom. The van der Waals surface area contributed by atoms with Crippen molar-refractivity contribution >= 4 is 23.4 Å². The summed E-state index contributed by atoms with van der Waals surface area (Å²) in [7, 11) is 1.66. The minimum atomic E-state index is -4.55. The van der Waals surface area contributed by atoms with E-state index >= 15 is 0 Å². The number of aromatic nitrogens is 2. The molecule has 0 bridgehead atoms. The number of hydrogen-bond acceptors (Lipinski definition) is 6. The van der Waals surface area contributed by atoms with E-state index in [2.05, 4.69) is 10.4 Å². The lowest BCUT2D eigenvalue weighted by molar-refractivity contribution is -0.154. The van der Waals surface area contributed by atoms with E-state index < -0.39 is 30.2 Å². The summed E-state index contributed by atoms with van der Waals surface area (Å²) in [6.07, 6.45) is -2.72. The molecule has 2 aromatic rings. The van der Waals surface area contributed by atoms with E-state index in [4.69, 9.17) is 5.73 Å². The van der Waals surface area contributed by atoms with Crippen molar-refractivity contribution in [2.24, 2.45) is 12.8 Å². The van der Waals surface area contributed by atoms with Gasteiger partial charge in [-0.3, -0.25) is 24.4 Å². The number of nitrogens with two attached hydrogens (primary N) is 1. The van der Waals surface area contributed by atoms with Crippen LogP contribution in [0.2, 0.25) is 0 Å². The van der Waals surface area contributed by atoms with Crippen LogP contribution < -0.4 is 16.0 Å². The lowest BCUT2D eigenvalue weighted by atomic mass is 9.94. The molecule has 1 aromatic heterocycles. The Morgan fingerprint density at radius 1 is 1.24 bits per heavy atom. The molecule has 12 heteroatoms. The number of rotatable bonds is 3. The van der Waals surface area contributed by atoms with Crippen molar-refractivity contribution in [3.8, 4) is 0 Å². The molecule has 0 aliphatic carbocycles. The van der Waals surface area contributed by atoms with Gasteiger partial charge in [0, 0.05) is 44.6 Å². The highest BCUT2D eigenvalue weighted by Gasteiger charge is 2.51. The molecule has 0 spiro atoms. The molecule has 1 saturated heterocycles. The summed E-state index contributed by atoms with van der Waals surface area (Å²) in [4.78, 5) is 39.4. The second-order valence-electron chi connectivity index (χ2n) is 8.97. The van der Waals surface area contributed by atoms with Gasteiger partial charge < -0.3 is 15.5 Å². The highest BCUT2D eigenvalue weighted by molar-refractivity contribution is 6.05. The van der Waals surface area contributed by atoms with Gasteiger partial charge in [-0.05, 0) is 23.6 Å². The van der Waals surface area contributed by atoms with Crippen LogP contribution in [0, 0.1) is 0 Å². The Morgan fingerprint density at radius 3 is 2.71 bits per heavy atom. The van der Waals surface area contributed by atoms with Crippen LogP contribution >= 0.6 is 0 Å². The predicted octanol–water partition coefficient (Wildman–Crippen LogP) is 1.00. The van der Waals surface area contributed by atoms with E-state index in [1.54, 1.807) is 25.2 Å². The molecule has 4 heterocycles. The zero-order valence-corrected chi connectivity index (χ0v) is 18.3. The Hall–Kier alpha value is -3.41. The number of imide groups is 1. The molecular formula is C22H23F3N6O3. The number of anilines is 1. The molecule has 3 atom stereocenters. The molecule has 1 fully saturated rings. The lowest BCUT2D eigenvalue weighted by Crippen LogP contribution is -2.59. The van der Waals surface area contributed by atoms with Gasteiger partial charge in [0.25, 0.3) is 5.91 Å². The van der Waals surface area contributed by atoms with Gasteiger partial charge in [-0.25, -0.2) is 0 Å². The average molecular weight is 476 g/mol. The van der Waals surface area contributed by atoms with Gasteiger partial charge in [0.15, 0.2) is 0 Å². The van der Waals surface area contributed by atoms with Crippen molar-refractivity contribution in [2.45, 2.75) is 56.7 Å². The summed E-state index contributed by atoms with van der Waals surface area (Å²) >= 11 is 0. The number of nitrogens with one attached hydrogen (secondary N) is 1. The van der Waals surface area contributed by atoms with Crippen LogP contribution in [0.15, 0.2) is 24.4 Å². The molecule has 3 aliphatic rings. The van der Waals surface area contributed by atoms with Crippen LogP contribution in [0.3, 0.4) is 0 Å². The number of halogens is 3. The van der Waals surface area contributed by atoms with Crippen molar-refractivity contribution in [1.29, 1.82) is 0 Å². The van der Waals surface area contributed by atoms with Gasteiger partial charge >= 0.3 is 6.18 Å². The molecule has 5 rings (SSSR count). The van der Waals surface area contributed by atoms with Gasteiger partial charge in [0.05, 0.1) is 17.6 Å². The number of carbonyl (C=O) groups excluding carboxylic acids is 3. The van der Waals surface area contributed by atoms with Crippen molar-refractivity contribution < 1.29 is 27.6 Å². The molecule has 1 aromatic carbocycles. The lowest BCUT2D eigenvalue weighted by Gasteiger charge is -2.41. The Kier molecular flexibility index (Phi) is 5.15. The van der Waals surface area contributed by atoms with Crippen LogP contribution in [0.4, 0.5) is 18.9 Å². The number of benzene rings is 1. The fraction of sp³-hybridized carbons (Fsp3) is 0.455. The zero-order chi connectivity index (χ0) is 24.4. The topological polar surface area (TPSA) is 114 Å². The zero-order valence-electron chi connectivity index (χ0n) is 18.3. The second-order valence-corrected chi connectivity index (χ2v) is 8.97. The standard InChI is InChI=1S/C22H23F3N6O3/c1-29-16-7-14(26)19(22(23,24)25)30(17(16)8-27-29)9-11-2-3-12-10-31(21(34)13(12)6-11)15-4-5-18(32)28-20(15)33/h2-3,6,8,14-15,19H,4-5,7,9-10,26H2,1H3,(H,28,32,33). The third kappa shape index (κ3) is 3.61. The highest BCUT2D eigenvalue weighted by atomic mass is 19.4. The van der Waals surface area contributed by atoms with Crippen molar-refractivity contribution in [3.63, 3.8) is 0 Å². The molecule has 34 heavy (non-hydrogen) atoms. The summed E-state index contributed by atoms with van der Waals surface area (Å²) in [5.41, 5.74) is 8.49. The monoisotopic (exact) mass is 476 g/mol. The normalized spacial score (nSPS) is 24.9. The van der Waals surface area contributed by atoms with E-state index in [1.807, 2.05) is 0 Å². The van der Waals surface area contributed by atoms with Gasteiger partial charge in [-0.1, -0.05) is 12.1 Å². The van der Waals surface area contributed by atoms with E-state index in [9.17, 15) is 27.6 Å². The van der Waals surface area contributed by atoms with E-state index in [-0.39, 0.29) is 44.2 Å². The largest absolute Gasteiger partial charge is 0.410 e. The second kappa shape index (κ2) is 7.83. The maximum atomic E-state index is 14.0. The number of hydrogen-bond donors (Lipinski definition) is 2. The molecule has 3 unspecified atom stereocenters. The van der Waals surface area contributed by atoms with Crippen molar-refractivity contribution in [2.75, 3.05) is 4.90 Å². The third-order valence-electron chi connectivity index (χ3n) is 6.80. The summed E-state index contributed by atoms with van der Waals surface area (Å²) in [5, 5.41) is 6.36. The number of piperidine rings is 1. The van der Waals surface area contributed by atoms with Gasteiger partial charge in [0.2, 0.25) is 11.8 Å². The summed E-state index contributed by atoms with van der Waals surface area (Å²) in [6.45, 7) is 0.0861. The van der Waals surface area contributed by atoms with Crippen LogP contribution in [0.5, 0.6) is 0 Å². The van der Waals surface area contributed by atoms with Gasteiger partial charge in [-0.2, -0.15) is 18.3 Å². The minimum absolute atomic E-state index is 0.0517. The Bertz CT molecular complexity index is 1190. The number of aryl methyl sites for hydroxylation is 1. The maximum absolute atomic E-state index is 14.0. The molecule has 3 aliphatic heterocycles. The van der Waals surface area contributed by atoms with E-state index in [1.165, 1.54) is 20.7 Å². The van der Waals surface area contributed by atoms with Gasteiger partial charge in [0.1, 0.15) is 12.1 Å². The molecule has 3 amide bonds. The fourth-order valence-electron chi connectivity index (χ4n) is 5.14. The maximum Gasteiger partial charge on any atom is 0.410 e. The van der Waals surface area contributed by atoms with E-state index in [0.29, 0.717) is 28.1 Å². The molecule has 3 N–H and O–H groups in total. The van der Waals surface area contributed by atoms with Crippen LogP contribution in [0.25, 0.3) is 0 Å². The number of amides is 3. The first-order chi connectivity index (χ1) is 16.0. The molecule has 180 valence electrons. The molecule has 0 radical (unpaired) electrons. The van der Waals surface area contributed by atoms with Crippen molar-refractivity contribution in [3.05, 3.63) is 46.8 Å². The fourth-order valence-corrected chi connectivity index (χ4v) is 5.14. The molecule has 9 nitrogen and oxygen atoms in total. The third-order valence-corrected chi connectivity index (χ3v) is 6.80. The average Bonchev–Trinajstić information content (AvgIpc) is 3.27. The quantitative estimate of drug-likeness (QED) is 0.640. The SMILES string of the molecule is Cn1ncc2c1CC(N)C(C(F)(F)F)N2Cc1ccc2c(c1)C(=O)N(C1CCC(=O)NC1=O)C2. The first-order valence-corrected chi connectivity index (χ1v) is 10.9. The van der Waals surface area contributed by atoms with Gasteiger partial charge in [-0.15, -0.1) is 0 Å². The number of nitrogens with zero attached hydrogens (tertiary/aromatic N) is 4. The first-order valence-electron chi connectivity index (χ1n) is 10.9. The smallest absolute Gasteiger partial charge is 0.351 e. The van der Waals surface area contributed by atoms with Crippen LogP contribution in [-0.2, 0) is 36.1 Å². The number of alkyl halides is 3. The highest BCUT2D eigenvalue weighted by Crippen LogP contribution is 2.39. The minimum Gasteiger partial charge on any atom is -0.351 e. The molecular weight excluding hydrogens is 453 g/mol. The number of carbonyl (C=O) groups is 3. The number of fused-ring (bicyclic) bond motifs is 2. The van der Waals surface area contributed by atoms with Crippen LogP contribution in [0.1, 0.15) is 40.0 Å². The summed E-state index contributed by atoms with van der Waals surface area (Å²) < 4.78 is 43.5.